The highest BCUT2D eigenvalue weighted by Gasteiger charge is 2.23. The first-order valence-corrected chi connectivity index (χ1v) is 16.6. The fourth-order valence-electron chi connectivity index (χ4n) is 5.29. The molecule has 47 heavy (non-hydrogen) atoms. The van der Waals surface area contributed by atoms with Crippen molar-refractivity contribution in [3.05, 3.63) is 95.1 Å². The summed E-state index contributed by atoms with van der Waals surface area (Å²) in [5.41, 5.74) is 3.04. The van der Waals surface area contributed by atoms with Crippen LogP contribution in [0.2, 0.25) is 0 Å². The number of nitrogens with zero attached hydrogens (tertiary/aromatic N) is 2. The lowest BCUT2D eigenvalue weighted by molar-refractivity contribution is -0.123. The number of nitrogens with one attached hydrogen (secondary N) is 3. The molecule has 0 bridgehead atoms. The van der Waals surface area contributed by atoms with E-state index in [9.17, 15) is 24.0 Å². The number of rotatable bonds is 18. The largest absolute Gasteiger partial charge is 0.354 e. The Balaban J connectivity index is 1.97. The number of unbranched alkanes of at least 4 members (excludes halogenated alkanes) is 1. The highest BCUT2D eigenvalue weighted by Crippen LogP contribution is 2.27. The van der Waals surface area contributed by atoms with Crippen LogP contribution in [0.4, 0.5) is 4.39 Å². The molecule has 3 aromatic rings. The van der Waals surface area contributed by atoms with Crippen molar-refractivity contribution in [2.45, 2.75) is 65.5 Å². The SMILES string of the molecule is CCCCN(CCF)C(=O)c1cc(C(=O)N[C@H](CN[C@@H](CC)C(=O)NCC(C)C)Cc2ccccc2)cc(-c2ccccc2C#N)c1. The number of nitriles is 1. The molecular formula is C38H48FN5O3. The van der Waals surface area contributed by atoms with Gasteiger partial charge in [-0.3, -0.25) is 14.4 Å². The maximum Gasteiger partial charge on any atom is 0.253 e. The number of hydrogen-bond acceptors (Lipinski definition) is 5. The van der Waals surface area contributed by atoms with Crippen LogP contribution >= 0.6 is 0 Å². The predicted octanol–water partition coefficient (Wildman–Crippen LogP) is 5.92. The minimum atomic E-state index is -0.678. The lowest BCUT2D eigenvalue weighted by Gasteiger charge is -2.24. The highest BCUT2D eigenvalue weighted by molar-refractivity contribution is 6.02. The van der Waals surface area contributed by atoms with E-state index in [2.05, 4.69) is 22.0 Å². The Morgan fingerprint density at radius 1 is 0.915 bits per heavy atom. The fraction of sp³-hybridized carbons (Fsp3) is 0.421. The van der Waals surface area contributed by atoms with Crippen molar-refractivity contribution in [3.63, 3.8) is 0 Å². The third-order valence-electron chi connectivity index (χ3n) is 7.90. The van der Waals surface area contributed by atoms with Crippen LogP contribution < -0.4 is 16.0 Å². The summed E-state index contributed by atoms with van der Waals surface area (Å²) in [5.74, 6) is -0.535. The summed E-state index contributed by atoms with van der Waals surface area (Å²) in [4.78, 5) is 42.0. The summed E-state index contributed by atoms with van der Waals surface area (Å²) >= 11 is 0. The molecule has 0 radical (unpaired) electrons. The van der Waals surface area contributed by atoms with Gasteiger partial charge in [0.2, 0.25) is 5.91 Å². The molecule has 9 heteroatoms. The Kier molecular flexibility index (Phi) is 15.1. The van der Waals surface area contributed by atoms with Crippen molar-refractivity contribution in [2.24, 2.45) is 5.92 Å². The van der Waals surface area contributed by atoms with E-state index in [1.807, 2.05) is 58.0 Å². The lowest BCUT2D eigenvalue weighted by Crippen LogP contribution is -2.50. The average Bonchev–Trinajstić information content (AvgIpc) is 3.09. The Labute approximate surface area is 278 Å². The molecule has 3 amide bonds. The number of alkyl halides is 1. The Morgan fingerprint density at radius 2 is 1.62 bits per heavy atom. The zero-order valence-corrected chi connectivity index (χ0v) is 28.0. The van der Waals surface area contributed by atoms with Gasteiger partial charge in [0.15, 0.2) is 0 Å². The number of carbonyl (C=O) groups is 3. The standard InChI is InChI=1S/C38H48FN5O3/c1-5-7-18-44(19-17-39)38(47)32-22-30(34-16-12-11-15-29(34)24-40)21-31(23-32)36(45)43-33(20-28-13-9-8-10-14-28)26-41-35(6-2)37(46)42-25-27(3)4/h8-16,21-23,27,33,35,41H,5-7,17-20,25-26H2,1-4H3,(H,42,46)(H,43,45)/t33-,35-/m0/s1. The van der Waals surface area contributed by atoms with Crippen LogP contribution in [0.3, 0.4) is 0 Å². The van der Waals surface area contributed by atoms with Gasteiger partial charge in [0.05, 0.1) is 17.7 Å². The van der Waals surface area contributed by atoms with Crippen LogP contribution in [0.25, 0.3) is 11.1 Å². The summed E-state index contributed by atoms with van der Waals surface area (Å²) < 4.78 is 13.5. The van der Waals surface area contributed by atoms with Crippen molar-refractivity contribution >= 4 is 17.7 Å². The zero-order chi connectivity index (χ0) is 34.2. The van der Waals surface area contributed by atoms with Crippen molar-refractivity contribution in [3.8, 4) is 17.2 Å². The third kappa shape index (κ3) is 11.3. The van der Waals surface area contributed by atoms with Gasteiger partial charge in [-0.15, -0.1) is 0 Å². The monoisotopic (exact) mass is 641 g/mol. The highest BCUT2D eigenvalue weighted by atomic mass is 19.1. The van der Waals surface area contributed by atoms with E-state index in [1.54, 1.807) is 36.4 Å². The number of benzene rings is 3. The van der Waals surface area contributed by atoms with Crippen molar-refractivity contribution in [1.29, 1.82) is 5.26 Å². The Bertz CT molecular complexity index is 1500. The first-order chi connectivity index (χ1) is 22.7. The normalized spacial score (nSPS) is 12.2. The van der Waals surface area contributed by atoms with E-state index in [1.165, 1.54) is 11.0 Å². The first kappa shape index (κ1) is 36.9. The number of carbonyl (C=O) groups excluding carboxylic acids is 3. The van der Waals surface area contributed by atoms with Gasteiger partial charge in [-0.1, -0.05) is 82.6 Å². The first-order valence-electron chi connectivity index (χ1n) is 16.6. The molecule has 3 rings (SSSR count). The third-order valence-corrected chi connectivity index (χ3v) is 7.90. The average molecular weight is 642 g/mol. The van der Waals surface area contributed by atoms with Gasteiger partial charge in [-0.2, -0.15) is 5.26 Å². The molecule has 3 N–H and O–H groups in total. The van der Waals surface area contributed by atoms with Crippen LogP contribution in [0, 0.1) is 17.2 Å². The van der Waals surface area contributed by atoms with Crippen molar-refractivity contribution < 1.29 is 18.8 Å². The van der Waals surface area contributed by atoms with Gasteiger partial charge in [-0.05, 0) is 66.1 Å². The molecule has 250 valence electrons. The molecule has 0 aromatic heterocycles. The van der Waals surface area contributed by atoms with Crippen LogP contribution in [0.1, 0.15) is 78.8 Å². The van der Waals surface area contributed by atoms with Crippen LogP contribution in [-0.2, 0) is 11.2 Å². The maximum absolute atomic E-state index is 14.0. The second-order valence-corrected chi connectivity index (χ2v) is 12.2. The smallest absolute Gasteiger partial charge is 0.253 e. The number of halogens is 1. The van der Waals surface area contributed by atoms with E-state index >= 15 is 0 Å². The minimum absolute atomic E-state index is 0.0481. The number of hydrogen-bond donors (Lipinski definition) is 3. The molecule has 2 atom stereocenters. The van der Waals surface area contributed by atoms with Gasteiger partial charge in [-0.25, -0.2) is 4.39 Å². The number of amides is 3. The van der Waals surface area contributed by atoms with Gasteiger partial charge in [0.25, 0.3) is 11.8 Å². The molecule has 0 saturated heterocycles. The zero-order valence-electron chi connectivity index (χ0n) is 28.0. The van der Waals surface area contributed by atoms with Gasteiger partial charge >= 0.3 is 0 Å². The molecule has 0 aliphatic carbocycles. The van der Waals surface area contributed by atoms with E-state index in [4.69, 9.17) is 0 Å². The molecule has 8 nitrogen and oxygen atoms in total. The molecule has 0 spiro atoms. The summed E-state index contributed by atoms with van der Waals surface area (Å²) in [6.45, 7) is 8.60. The van der Waals surface area contributed by atoms with Gasteiger partial charge in [0.1, 0.15) is 6.67 Å². The Morgan fingerprint density at radius 3 is 2.28 bits per heavy atom. The maximum atomic E-state index is 14.0. The molecule has 0 aliphatic rings. The summed E-state index contributed by atoms with van der Waals surface area (Å²) in [7, 11) is 0. The van der Waals surface area contributed by atoms with Crippen LogP contribution in [0.15, 0.2) is 72.8 Å². The molecule has 0 saturated carbocycles. The van der Waals surface area contributed by atoms with Gasteiger partial charge in [0, 0.05) is 43.3 Å². The summed E-state index contributed by atoms with van der Waals surface area (Å²) in [6, 6.07) is 23.0. The van der Waals surface area contributed by atoms with E-state index in [0.717, 1.165) is 18.4 Å². The lowest BCUT2D eigenvalue weighted by atomic mass is 9.95. The van der Waals surface area contributed by atoms with Crippen molar-refractivity contribution in [2.75, 3.05) is 32.9 Å². The van der Waals surface area contributed by atoms with E-state index in [-0.39, 0.29) is 29.5 Å². The van der Waals surface area contributed by atoms with Crippen LogP contribution in [0.5, 0.6) is 0 Å². The van der Waals surface area contributed by atoms with Crippen molar-refractivity contribution in [1.82, 2.24) is 20.9 Å². The summed E-state index contributed by atoms with van der Waals surface area (Å²) in [6.07, 6.45) is 2.65. The second kappa shape index (κ2) is 19.2. The summed E-state index contributed by atoms with van der Waals surface area (Å²) in [5, 5.41) is 19.2. The Hall–Kier alpha value is -4.55. The van der Waals surface area contributed by atoms with E-state index < -0.39 is 24.7 Å². The van der Waals surface area contributed by atoms with E-state index in [0.29, 0.717) is 55.1 Å². The quantitative estimate of drug-likeness (QED) is 0.160. The second-order valence-electron chi connectivity index (χ2n) is 12.2. The molecule has 0 heterocycles. The fourth-order valence-corrected chi connectivity index (χ4v) is 5.29. The van der Waals surface area contributed by atoms with Gasteiger partial charge < -0.3 is 20.9 Å². The molecule has 0 fully saturated rings. The predicted molar refractivity (Wildman–Crippen MR) is 185 cm³/mol. The molecule has 0 aliphatic heterocycles. The molecule has 3 aromatic carbocycles. The molecule has 0 unspecified atom stereocenters. The minimum Gasteiger partial charge on any atom is -0.354 e. The topological polar surface area (TPSA) is 114 Å². The van der Waals surface area contributed by atoms with Crippen LogP contribution in [-0.4, -0.2) is 67.6 Å². The molecular weight excluding hydrogens is 593 g/mol.